The van der Waals surface area contributed by atoms with Crippen molar-refractivity contribution >= 4 is 27.7 Å². The number of hydrogen-bond donors (Lipinski definition) is 3. The number of carbonyl (C=O) groups is 1. The predicted molar refractivity (Wildman–Crippen MR) is 121 cm³/mol. The molecule has 1 unspecified atom stereocenters. The second-order valence-corrected chi connectivity index (χ2v) is 10.5. The zero-order valence-electron chi connectivity index (χ0n) is 17.6. The Morgan fingerprint density at radius 2 is 1.81 bits per heavy atom. The van der Waals surface area contributed by atoms with Gasteiger partial charge in [-0.2, -0.15) is 4.72 Å². The quantitative estimate of drug-likeness (QED) is 0.300. The normalized spacial score (nSPS) is 12.4. The molecule has 0 aliphatic rings. The van der Waals surface area contributed by atoms with Crippen LogP contribution in [0, 0.1) is 12.0 Å². The first-order valence-electron chi connectivity index (χ1n) is 9.58. The van der Waals surface area contributed by atoms with Crippen LogP contribution in [0.3, 0.4) is 0 Å². The molecular formula is C22H26N2O5S2. The molecule has 0 fully saturated rings. The number of thioether (sulfide) groups is 1. The molecule has 2 aromatic rings. The molecule has 7 nitrogen and oxygen atoms in total. The van der Waals surface area contributed by atoms with Crippen molar-refractivity contribution in [1.82, 2.24) is 10.2 Å². The number of benzene rings is 2. The fourth-order valence-electron chi connectivity index (χ4n) is 2.58. The number of rotatable bonds is 9. The number of ether oxygens (including phenoxy) is 1. The maximum Gasteiger partial charge on any atom is 0.262 e. The standard InChI is InChI=1S/C22H26N2O5S2/c1-4-5-15-29-18-11-13-19(14-12-18)31(27,28)24-20(21(25)23-26)22(2,3)30-16-17-9-7-6-8-10-17/h6-14,20,24,26H,4,16H2,1-3H3,(H,23,25). The number of nitrogens with one attached hydrogen (secondary N) is 2. The second-order valence-electron chi connectivity index (χ2n) is 7.11. The van der Waals surface area contributed by atoms with E-state index >= 15 is 0 Å². The molecule has 0 saturated carbocycles. The third-order valence-corrected chi connectivity index (χ3v) is 7.24. The van der Waals surface area contributed by atoms with Crippen molar-refractivity contribution in [1.29, 1.82) is 0 Å². The van der Waals surface area contributed by atoms with Crippen LogP contribution >= 0.6 is 11.8 Å². The molecule has 2 rings (SSSR count). The molecule has 9 heteroatoms. The lowest BCUT2D eigenvalue weighted by atomic mass is 10.0. The summed E-state index contributed by atoms with van der Waals surface area (Å²) >= 11 is 1.40. The van der Waals surface area contributed by atoms with Crippen LogP contribution in [0.1, 0.15) is 32.8 Å². The average molecular weight is 463 g/mol. The van der Waals surface area contributed by atoms with Gasteiger partial charge in [0.05, 0.1) is 4.90 Å². The first-order chi connectivity index (χ1) is 14.7. The molecule has 0 aliphatic heterocycles. The summed E-state index contributed by atoms with van der Waals surface area (Å²) in [5.74, 6) is 2.88. The van der Waals surface area contributed by atoms with Crippen molar-refractivity contribution in [3.63, 3.8) is 0 Å². The van der Waals surface area contributed by atoms with Crippen molar-refractivity contribution in [2.75, 3.05) is 0 Å². The van der Waals surface area contributed by atoms with Gasteiger partial charge in [-0.05, 0) is 43.7 Å². The molecule has 0 spiro atoms. The van der Waals surface area contributed by atoms with E-state index in [1.807, 2.05) is 37.3 Å². The monoisotopic (exact) mass is 462 g/mol. The summed E-state index contributed by atoms with van der Waals surface area (Å²) in [6.45, 7) is 5.37. The zero-order chi connectivity index (χ0) is 22.9. The van der Waals surface area contributed by atoms with Gasteiger partial charge in [-0.15, -0.1) is 11.8 Å². The van der Waals surface area contributed by atoms with Crippen LogP contribution in [0.25, 0.3) is 0 Å². The molecule has 1 amide bonds. The van der Waals surface area contributed by atoms with Gasteiger partial charge in [0.1, 0.15) is 17.9 Å². The number of hydrogen-bond acceptors (Lipinski definition) is 6. The maximum atomic E-state index is 12.9. The minimum atomic E-state index is -4.05. The lowest BCUT2D eigenvalue weighted by Gasteiger charge is -2.32. The third-order valence-electron chi connectivity index (χ3n) is 4.35. The summed E-state index contributed by atoms with van der Waals surface area (Å²) in [5.41, 5.74) is 2.60. The van der Waals surface area contributed by atoms with Crippen molar-refractivity contribution in [2.45, 2.75) is 48.6 Å². The zero-order valence-corrected chi connectivity index (χ0v) is 19.2. The SMILES string of the molecule is CCC#COc1ccc(S(=O)(=O)NC(C(=O)NO)C(C)(C)SCc2ccccc2)cc1. The number of carbonyl (C=O) groups excluding carboxylic acids is 1. The van der Waals surface area contributed by atoms with Crippen molar-refractivity contribution in [3.8, 4) is 17.8 Å². The molecule has 0 aliphatic carbocycles. The van der Waals surface area contributed by atoms with Crippen molar-refractivity contribution in [3.05, 3.63) is 60.2 Å². The molecule has 0 heterocycles. The highest BCUT2D eigenvalue weighted by atomic mass is 32.2. The van der Waals surface area contributed by atoms with Gasteiger partial charge in [-0.1, -0.05) is 43.2 Å². The Morgan fingerprint density at radius 1 is 1.16 bits per heavy atom. The van der Waals surface area contributed by atoms with E-state index in [0.29, 0.717) is 17.9 Å². The average Bonchev–Trinajstić information content (AvgIpc) is 2.77. The lowest BCUT2D eigenvalue weighted by Crippen LogP contribution is -2.55. The van der Waals surface area contributed by atoms with E-state index < -0.39 is 26.7 Å². The van der Waals surface area contributed by atoms with E-state index in [9.17, 15) is 18.4 Å². The Hall–Kier alpha value is -2.51. The number of hydroxylamine groups is 1. The summed E-state index contributed by atoms with van der Waals surface area (Å²) in [7, 11) is -4.05. The highest BCUT2D eigenvalue weighted by Crippen LogP contribution is 2.32. The fraction of sp³-hybridized carbons (Fsp3) is 0.318. The molecule has 1 atom stereocenters. The molecule has 0 bridgehead atoms. The van der Waals surface area contributed by atoms with Gasteiger partial charge in [0, 0.05) is 16.9 Å². The van der Waals surface area contributed by atoms with Crippen LogP contribution in [-0.4, -0.2) is 30.3 Å². The van der Waals surface area contributed by atoms with E-state index in [4.69, 9.17) is 4.74 Å². The molecule has 166 valence electrons. The van der Waals surface area contributed by atoms with E-state index in [1.54, 1.807) is 19.3 Å². The van der Waals surface area contributed by atoms with Crippen LogP contribution in [0.4, 0.5) is 0 Å². The largest absolute Gasteiger partial charge is 0.408 e. The lowest BCUT2D eigenvalue weighted by molar-refractivity contribution is -0.131. The molecule has 0 saturated heterocycles. The van der Waals surface area contributed by atoms with Crippen LogP contribution in [0.2, 0.25) is 0 Å². The highest BCUT2D eigenvalue weighted by molar-refractivity contribution is 8.00. The Kier molecular flexibility index (Phi) is 8.95. The van der Waals surface area contributed by atoms with E-state index in [2.05, 4.69) is 16.7 Å². The van der Waals surface area contributed by atoms with Gasteiger partial charge in [-0.25, -0.2) is 13.9 Å². The van der Waals surface area contributed by atoms with Crippen LogP contribution in [-0.2, 0) is 20.6 Å². The van der Waals surface area contributed by atoms with Gasteiger partial charge in [-0.3, -0.25) is 10.0 Å². The highest BCUT2D eigenvalue weighted by Gasteiger charge is 2.39. The smallest absolute Gasteiger partial charge is 0.262 e. The van der Waals surface area contributed by atoms with Crippen LogP contribution in [0.15, 0.2) is 59.5 Å². The van der Waals surface area contributed by atoms with Gasteiger partial charge in [0.25, 0.3) is 5.91 Å². The summed E-state index contributed by atoms with van der Waals surface area (Å²) in [6.07, 6.45) is 3.15. The predicted octanol–water partition coefficient (Wildman–Crippen LogP) is 3.30. The number of amides is 1. The molecule has 0 radical (unpaired) electrons. The molecule has 31 heavy (non-hydrogen) atoms. The maximum absolute atomic E-state index is 12.9. The van der Waals surface area contributed by atoms with Gasteiger partial charge in [0.2, 0.25) is 10.0 Å². The first kappa shape index (κ1) is 24.8. The summed E-state index contributed by atoms with van der Waals surface area (Å²) in [6, 6.07) is 14.1. The Morgan fingerprint density at radius 3 is 2.39 bits per heavy atom. The minimum Gasteiger partial charge on any atom is -0.408 e. The van der Waals surface area contributed by atoms with Gasteiger partial charge >= 0.3 is 0 Å². The molecular weight excluding hydrogens is 436 g/mol. The minimum absolute atomic E-state index is 0.0390. The third kappa shape index (κ3) is 7.29. The molecule has 0 aromatic heterocycles. The van der Waals surface area contributed by atoms with E-state index in [1.165, 1.54) is 36.0 Å². The van der Waals surface area contributed by atoms with E-state index in [-0.39, 0.29) is 4.90 Å². The van der Waals surface area contributed by atoms with Crippen LogP contribution in [0.5, 0.6) is 5.75 Å². The summed E-state index contributed by atoms with van der Waals surface area (Å²) < 4.78 is 32.6. The van der Waals surface area contributed by atoms with Crippen LogP contribution < -0.4 is 14.9 Å². The Labute approximate surface area is 187 Å². The fourth-order valence-corrected chi connectivity index (χ4v) is 5.06. The summed E-state index contributed by atoms with van der Waals surface area (Å²) in [5, 5.41) is 9.19. The Balaban J connectivity index is 2.19. The Bertz CT molecular complexity index is 1030. The first-order valence-corrected chi connectivity index (χ1v) is 12.1. The second kappa shape index (κ2) is 11.2. The topological polar surface area (TPSA) is 105 Å². The molecule has 3 N–H and O–H groups in total. The summed E-state index contributed by atoms with van der Waals surface area (Å²) in [4.78, 5) is 12.3. The van der Waals surface area contributed by atoms with Gasteiger partial charge in [0.15, 0.2) is 0 Å². The van der Waals surface area contributed by atoms with Crippen molar-refractivity contribution in [2.24, 2.45) is 0 Å². The van der Waals surface area contributed by atoms with E-state index in [0.717, 1.165) is 5.56 Å². The van der Waals surface area contributed by atoms with Gasteiger partial charge < -0.3 is 4.74 Å². The number of sulfonamides is 1. The van der Waals surface area contributed by atoms with Crippen molar-refractivity contribution < 1.29 is 23.2 Å². The molecule has 2 aromatic carbocycles.